The lowest BCUT2D eigenvalue weighted by Crippen LogP contribution is -2.44. The van der Waals surface area contributed by atoms with Crippen molar-refractivity contribution in [3.8, 4) is 5.75 Å². The highest BCUT2D eigenvalue weighted by molar-refractivity contribution is 5.77. The molecule has 1 unspecified atom stereocenters. The molecule has 4 nitrogen and oxygen atoms in total. The SMILES string of the molecule is CCc1ccc(OCC(=O)N2CCC(C(C)N)CC2)cc1. The third-order valence-electron chi connectivity index (χ3n) is 4.33. The molecule has 1 atom stereocenters. The molecule has 1 heterocycles. The van der Waals surface area contributed by atoms with Crippen molar-refractivity contribution in [2.45, 2.75) is 39.2 Å². The minimum Gasteiger partial charge on any atom is -0.484 e. The van der Waals surface area contributed by atoms with Crippen LogP contribution in [0.15, 0.2) is 24.3 Å². The van der Waals surface area contributed by atoms with Crippen molar-refractivity contribution in [3.05, 3.63) is 29.8 Å². The molecule has 1 aliphatic heterocycles. The van der Waals surface area contributed by atoms with E-state index in [0.717, 1.165) is 38.1 Å². The highest BCUT2D eigenvalue weighted by Crippen LogP contribution is 2.20. The third-order valence-corrected chi connectivity index (χ3v) is 4.33. The summed E-state index contributed by atoms with van der Waals surface area (Å²) in [6.07, 6.45) is 3.00. The number of hydrogen-bond donors (Lipinski definition) is 1. The van der Waals surface area contributed by atoms with Crippen LogP contribution in [0.5, 0.6) is 5.75 Å². The van der Waals surface area contributed by atoms with E-state index in [-0.39, 0.29) is 18.6 Å². The lowest BCUT2D eigenvalue weighted by Gasteiger charge is -2.33. The number of likely N-dealkylation sites (tertiary alicyclic amines) is 1. The summed E-state index contributed by atoms with van der Waals surface area (Å²) in [4.78, 5) is 14.0. The van der Waals surface area contributed by atoms with Gasteiger partial charge in [0, 0.05) is 19.1 Å². The summed E-state index contributed by atoms with van der Waals surface area (Å²) >= 11 is 0. The molecule has 0 aliphatic carbocycles. The molecule has 1 fully saturated rings. The average Bonchev–Trinajstić information content (AvgIpc) is 2.53. The van der Waals surface area contributed by atoms with Crippen molar-refractivity contribution >= 4 is 5.91 Å². The molecule has 0 saturated carbocycles. The maximum atomic E-state index is 12.1. The Bertz CT molecular complexity index is 448. The largest absolute Gasteiger partial charge is 0.484 e. The summed E-state index contributed by atoms with van der Waals surface area (Å²) < 4.78 is 5.58. The maximum Gasteiger partial charge on any atom is 0.260 e. The van der Waals surface area contributed by atoms with Crippen LogP contribution in [-0.4, -0.2) is 36.5 Å². The first-order valence-electron chi connectivity index (χ1n) is 7.85. The predicted molar refractivity (Wildman–Crippen MR) is 84.3 cm³/mol. The zero-order chi connectivity index (χ0) is 15.2. The maximum absolute atomic E-state index is 12.1. The molecular weight excluding hydrogens is 264 g/mol. The number of carbonyl (C=O) groups excluding carboxylic acids is 1. The monoisotopic (exact) mass is 290 g/mol. The van der Waals surface area contributed by atoms with Gasteiger partial charge in [-0.3, -0.25) is 4.79 Å². The van der Waals surface area contributed by atoms with Crippen molar-refractivity contribution in [2.24, 2.45) is 11.7 Å². The molecule has 1 aliphatic rings. The fraction of sp³-hybridized carbons (Fsp3) is 0.588. The molecule has 0 radical (unpaired) electrons. The minimum atomic E-state index is 0.0673. The van der Waals surface area contributed by atoms with Gasteiger partial charge in [0.25, 0.3) is 5.91 Å². The smallest absolute Gasteiger partial charge is 0.260 e. The molecule has 2 N–H and O–H groups in total. The van der Waals surface area contributed by atoms with Gasteiger partial charge in [0.2, 0.25) is 0 Å². The van der Waals surface area contributed by atoms with Crippen LogP contribution in [0.3, 0.4) is 0 Å². The number of hydrogen-bond acceptors (Lipinski definition) is 3. The summed E-state index contributed by atoms with van der Waals surface area (Å²) in [6, 6.07) is 8.14. The van der Waals surface area contributed by atoms with Gasteiger partial charge in [-0.1, -0.05) is 19.1 Å². The zero-order valence-corrected chi connectivity index (χ0v) is 13.0. The number of nitrogens with two attached hydrogens (primary N) is 1. The number of rotatable bonds is 5. The van der Waals surface area contributed by atoms with Gasteiger partial charge in [0.1, 0.15) is 5.75 Å². The third kappa shape index (κ3) is 4.46. The van der Waals surface area contributed by atoms with Crippen LogP contribution in [0.1, 0.15) is 32.3 Å². The first-order chi connectivity index (χ1) is 10.1. The molecule has 1 aromatic rings. The fourth-order valence-electron chi connectivity index (χ4n) is 2.73. The molecule has 116 valence electrons. The topological polar surface area (TPSA) is 55.6 Å². The van der Waals surface area contributed by atoms with Gasteiger partial charge in [0.15, 0.2) is 6.61 Å². The van der Waals surface area contributed by atoms with Crippen LogP contribution in [0.4, 0.5) is 0 Å². The number of amides is 1. The van der Waals surface area contributed by atoms with E-state index < -0.39 is 0 Å². The molecule has 0 aromatic heterocycles. The van der Waals surface area contributed by atoms with Crippen LogP contribution in [0.2, 0.25) is 0 Å². The van der Waals surface area contributed by atoms with E-state index in [4.69, 9.17) is 10.5 Å². The first kappa shape index (κ1) is 15.8. The van der Waals surface area contributed by atoms with Crippen LogP contribution < -0.4 is 10.5 Å². The van der Waals surface area contributed by atoms with Crippen molar-refractivity contribution in [3.63, 3.8) is 0 Å². The number of nitrogens with zero attached hydrogens (tertiary/aromatic N) is 1. The van der Waals surface area contributed by atoms with E-state index in [1.807, 2.05) is 36.1 Å². The second kappa shape index (κ2) is 7.46. The minimum absolute atomic E-state index is 0.0673. The van der Waals surface area contributed by atoms with E-state index in [0.29, 0.717) is 5.92 Å². The molecule has 0 bridgehead atoms. The second-order valence-corrected chi connectivity index (χ2v) is 5.86. The zero-order valence-electron chi connectivity index (χ0n) is 13.0. The average molecular weight is 290 g/mol. The van der Waals surface area contributed by atoms with Gasteiger partial charge in [0.05, 0.1) is 0 Å². The lowest BCUT2D eigenvalue weighted by atomic mass is 9.91. The molecule has 21 heavy (non-hydrogen) atoms. The predicted octanol–water partition coefficient (Wildman–Crippen LogP) is 2.21. The normalized spacial score (nSPS) is 17.6. The van der Waals surface area contributed by atoms with Crippen molar-refractivity contribution in [1.82, 2.24) is 4.90 Å². The van der Waals surface area contributed by atoms with Gasteiger partial charge in [-0.05, 0) is 49.8 Å². The quantitative estimate of drug-likeness (QED) is 0.904. The molecule has 1 amide bonds. The van der Waals surface area contributed by atoms with E-state index in [2.05, 4.69) is 6.92 Å². The number of carbonyl (C=O) groups is 1. The second-order valence-electron chi connectivity index (χ2n) is 5.86. The van der Waals surface area contributed by atoms with Gasteiger partial charge in [-0.2, -0.15) is 0 Å². The first-order valence-corrected chi connectivity index (χ1v) is 7.85. The summed E-state index contributed by atoms with van der Waals surface area (Å²) in [5.74, 6) is 1.36. The summed E-state index contributed by atoms with van der Waals surface area (Å²) in [7, 11) is 0. The molecule has 0 spiro atoms. The highest BCUT2D eigenvalue weighted by Gasteiger charge is 2.24. The van der Waals surface area contributed by atoms with Gasteiger partial charge < -0.3 is 15.4 Å². The Hall–Kier alpha value is -1.55. The van der Waals surface area contributed by atoms with Crippen LogP contribution in [-0.2, 0) is 11.2 Å². The summed E-state index contributed by atoms with van der Waals surface area (Å²) in [6.45, 7) is 5.87. The molecule has 1 aromatic carbocycles. The fourth-order valence-corrected chi connectivity index (χ4v) is 2.73. The standard InChI is InChI=1S/C17H26N2O2/c1-3-14-4-6-16(7-5-14)21-12-17(20)19-10-8-15(9-11-19)13(2)18/h4-7,13,15H,3,8-12,18H2,1-2H3. The van der Waals surface area contributed by atoms with Crippen LogP contribution in [0, 0.1) is 5.92 Å². The molecule has 1 saturated heterocycles. The molecular formula is C17H26N2O2. The lowest BCUT2D eigenvalue weighted by molar-refractivity contribution is -0.134. The number of piperidine rings is 1. The highest BCUT2D eigenvalue weighted by atomic mass is 16.5. The number of benzene rings is 1. The van der Waals surface area contributed by atoms with Gasteiger partial charge in [-0.25, -0.2) is 0 Å². The Balaban J connectivity index is 1.77. The van der Waals surface area contributed by atoms with Gasteiger partial charge in [-0.15, -0.1) is 0 Å². The summed E-state index contributed by atoms with van der Waals surface area (Å²) in [5, 5.41) is 0. The van der Waals surface area contributed by atoms with Crippen molar-refractivity contribution in [1.29, 1.82) is 0 Å². The van der Waals surface area contributed by atoms with E-state index in [9.17, 15) is 4.79 Å². The van der Waals surface area contributed by atoms with Crippen molar-refractivity contribution in [2.75, 3.05) is 19.7 Å². The van der Waals surface area contributed by atoms with E-state index in [1.54, 1.807) is 0 Å². The molecule has 4 heteroatoms. The summed E-state index contributed by atoms with van der Waals surface area (Å²) in [5.41, 5.74) is 7.19. The van der Waals surface area contributed by atoms with Gasteiger partial charge >= 0.3 is 0 Å². The Labute approximate surface area is 127 Å². The Kier molecular flexibility index (Phi) is 5.62. The number of aryl methyl sites for hydroxylation is 1. The van der Waals surface area contributed by atoms with Crippen LogP contribution in [0.25, 0.3) is 0 Å². The molecule has 2 rings (SSSR count). The van der Waals surface area contributed by atoms with E-state index in [1.165, 1.54) is 5.56 Å². The Morgan fingerprint density at radius 2 is 1.95 bits per heavy atom. The van der Waals surface area contributed by atoms with Crippen LogP contribution >= 0.6 is 0 Å². The van der Waals surface area contributed by atoms with E-state index >= 15 is 0 Å². The number of ether oxygens (including phenoxy) is 1. The Morgan fingerprint density at radius 3 is 2.48 bits per heavy atom. The van der Waals surface area contributed by atoms with Crippen molar-refractivity contribution < 1.29 is 9.53 Å². The Morgan fingerprint density at radius 1 is 1.33 bits per heavy atom.